The topological polar surface area (TPSA) is 83.7 Å². The average Bonchev–Trinajstić information content (AvgIpc) is 3.25. The van der Waals surface area contributed by atoms with E-state index in [4.69, 9.17) is 5.73 Å². The van der Waals surface area contributed by atoms with Gasteiger partial charge >= 0.3 is 0 Å². The standard InChI is InChI=1S/C17H25N3O3S/c1-17(12-18)8-11-19(13-17)16(21)14-4-6-15(7-5-14)24(22,23)20-9-2-3-10-20/h4-7H,2-3,8-13,18H2,1H3. The number of amides is 1. The molecule has 0 aliphatic carbocycles. The molecule has 2 aliphatic rings. The normalized spacial score (nSPS) is 25.3. The van der Waals surface area contributed by atoms with Crippen LogP contribution in [0.3, 0.4) is 0 Å². The molecular weight excluding hydrogens is 326 g/mol. The van der Waals surface area contributed by atoms with Gasteiger partial charge in [0.15, 0.2) is 0 Å². The number of benzene rings is 1. The number of carbonyl (C=O) groups is 1. The Morgan fingerprint density at radius 1 is 1.17 bits per heavy atom. The molecule has 1 aromatic rings. The molecule has 2 fully saturated rings. The van der Waals surface area contributed by atoms with Gasteiger partial charge in [0.1, 0.15) is 0 Å². The molecule has 0 radical (unpaired) electrons. The summed E-state index contributed by atoms with van der Waals surface area (Å²) in [6.45, 7) is 5.15. The second kappa shape index (κ2) is 6.46. The Hall–Kier alpha value is -1.44. The van der Waals surface area contributed by atoms with Crippen LogP contribution in [0.1, 0.15) is 36.5 Å². The van der Waals surface area contributed by atoms with Crippen molar-refractivity contribution in [3.63, 3.8) is 0 Å². The van der Waals surface area contributed by atoms with Gasteiger partial charge in [0.2, 0.25) is 10.0 Å². The molecule has 3 rings (SSSR count). The van der Waals surface area contributed by atoms with Crippen LogP contribution >= 0.6 is 0 Å². The molecule has 0 spiro atoms. The molecule has 0 saturated carbocycles. The Labute approximate surface area is 143 Å². The number of sulfonamides is 1. The van der Waals surface area contributed by atoms with E-state index in [0.29, 0.717) is 38.3 Å². The summed E-state index contributed by atoms with van der Waals surface area (Å²) in [5.74, 6) is -0.0581. The smallest absolute Gasteiger partial charge is 0.253 e. The molecule has 2 heterocycles. The number of hydrogen-bond acceptors (Lipinski definition) is 4. The molecule has 0 bridgehead atoms. The van der Waals surface area contributed by atoms with Gasteiger partial charge in [-0.3, -0.25) is 4.79 Å². The van der Waals surface area contributed by atoms with E-state index in [1.165, 1.54) is 4.31 Å². The summed E-state index contributed by atoms with van der Waals surface area (Å²) in [5.41, 5.74) is 6.29. The lowest BCUT2D eigenvalue weighted by Gasteiger charge is -2.22. The van der Waals surface area contributed by atoms with Crippen LogP contribution in [-0.4, -0.2) is 56.3 Å². The van der Waals surface area contributed by atoms with Gasteiger partial charge in [0.25, 0.3) is 5.91 Å². The van der Waals surface area contributed by atoms with E-state index in [9.17, 15) is 13.2 Å². The molecule has 7 heteroatoms. The Morgan fingerprint density at radius 3 is 2.33 bits per heavy atom. The number of carbonyl (C=O) groups excluding carboxylic acids is 1. The number of rotatable bonds is 4. The van der Waals surface area contributed by atoms with Gasteiger partial charge in [0.05, 0.1) is 4.90 Å². The lowest BCUT2D eigenvalue weighted by molar-refractivity contribution is 0.0777. The molecule has 1 aromatic carbocycles. The zero-order chi connectivity index (χ0) is 17.4. The summed E-state index contributed by atoms with van der Waals surface area (Å²) in [6.07, 6.45) is 2.71. The zero-order valence-corrected chi connectivity index (χ0v) is 14.9. The predicted molar refractivity (Wildman–Crippen MR) is 92.1 cm³/mol. The van der Waals surface area contributed by atoms with Crippen LogP contribution in [0, 0.1) is 5.41 Å². The van der Waals surface area contributed by atoms with Crippen LogP contribution in [0.4, 0.5) is 0 Å². The van der Waals surface area contributed by atoms with E-state index in [1.807, 2.05) is 0 Å². The van der Waals surface area contributed by atoms with Crippen molar-refractivity contribution in [1.82, 2.24) is 9.21 Å². The lowest BCUT2D eigenvalue weighted by Crippen LogP contribution is -2.34. The molecule has 2 aliphatic heterocycles. The summed E-state index contributed by atoms with van der Waals surface area (Å²) >= 11 is 0. The van der Waals surface area contributed by atoms with Crippen LogP contribution < -0.4 is 5.73 Å². The van der Waals surface area contributed by atoms with Gasteiger partial charge in [-0.15, -0.1) is 0 Å². The molecule has 2 N–H and O–H groups in total. The summed E-state index contributed by atoms with van der Waals surface area (Å²) in [6, 6.07) is 6.31. The molecule has 1 amide bonds. The highest BCUT2D eigenvalue weighted by Crippen LogP contribution is 2.29. The maximum atomic E-state index is 12.6. The number of nitrogens with zero attached hydrogens (tertiary/aromatic N) is 2. The minimum absolute atomic E-state index is 0.0192. The van der Waals surface area contributed by atoms with Gasteiger partial charge < -0.3 is 10.6 Å². The van der Waals surface area contributed by atoms with Crippen LogP contribution in [-0.2, 0) is 10.0 Å². The van der Waals surface area contributed by atoms with Crippen molar-refractivity contribution < 1.29 is 13.2 Å². The quantitative estimate of drug-likeness (QED) is 0.886. The molecule has 132 valence electrons. The maximum Gasteiger partial charge on any atom is 0.253 e. The van der Waals surface area contributed by atoms with Crippen molar-refractivity contribution in [2.24, 2.45) is 11.1 Å². The Bertz CT molecular complexity index is 711. The Kier molecular flexibility index (Phi) is 4.68. The van der Waals surface area contributed by atoms with Gasteiger partial charge in [-0.2, -0.15) is 4.31 Å². The first-order chi connectivity index (χ1) is 11.4. The third-order valence-corrected chi connectivity index (χ3v) is 7.05. The van der Waals surface area contributed by atoms with Crippen LogP contribution in [0.2, 0.25) is 0 Å². The fraction of sp³-hybridized carbons (Fsp3) is 0.588. The summed E-state index contributed by atoms with van der Waals surface area (Å²) in [4.78, 5) is 14.7. The van der Waals surface area contributed by atoms with Crippen molar-refractivity contribution in [1.29, 1.82) is 0 Å². The molecule has 2 saturated heterocycles. The molecule has 0 aromatic heterocycles. The van der Waals surface area contributed by atoms with Crippen molar-refractivity contribution in [3.8, 4) is 0 Å². The summed E-state index contributed by atoms with van der Waals surface area (Å²) in [5, 5.41) is 0. The third-order valence-electron chi connectivity index (χ3n) is 5.14. The van der Waals surface area contributed by atoms with Crippen LogP contribution in [0.25, 0.3) is 0 Å². The SMILES string of the molecule is CC1(CN)CCN(C(=O)c2ccc(S(=O)(=O)N3CCCC3)cc2)C1. The average molecular weight is 351 g/mol. The molecular formula is C17H25N3O3S. The van der Waals surface area contributed by atoms with E-state index in [2.05, 4.69) is 6.92 Å². The highest BCUT2D eigenvalue weighted by Gasteiger charge is 2.35. The first-order valence-electron chi connectivity index (χ1n) is 8.45. The maximum absolute atomic E-state index is 12.6. The van der Waals surface area contributed by atoms with Crippen LogP contribution in [0.15, 0.2) is 29.2 Å². The van der Waals surface area contributed by atoms with Gasteiger partial charge in [-0.25, -0.2) is 8.42 Å². The zero-order valence-electron chi connectivity index (χ0n) is 14.1. The summed E-state index contributed by atoms with van der Waals surface area (Å²) in [7, 11) is -3.43. The molecule has 1 atom stereocenters. The van der Waals surface area contributed by atoms with Gasteiger partial charge in [-0.1, -0.05) is 6.92 Å². The predicted octanol–water partition coefficient (Wildman–Crippen LogP) is 1.28. The van der Waals surface area contributed by atoms with E-state index < -0.39 is 10.0 Å². The lowest BCUT2D eigenvalue weighted by atomic mass is 9.90. The van der Waals surface area contributed by atoms with Crippen molar-refractivity contribution in [3.05, 3.63) is 29.8 Å². The van der Waals surface area contributed by atoms with Gasteiger partial charge in [0, 0.05) is 31.7 Å². The molecule has 6 nitrogen and oxygen atoms in total. The van der Waals surface area contributed by atoms with E-state index in [-0.39, 0.29) is 16.2 Å². The second-order valence-electron chi connectivity index (χ2n) is 7.13. The third kappa shape index (κ3) is 3.20. The van der Waals surface area contributed by atoms with Crippen molar-refractivity contribution in [2.45, 2.75) is 31.1 Å². The Balaban J connectivity index is 1.74. The summed E-state index contributed by atoms with van der Waals surface area (Å²) < 4.78 is 26.5. The van der Waals surface area contributed by atoms with Crippen molar-refractivity contribution in [2.75, 3.05) is 32.7 Å². The first kappa shape index (κ1) is 17.4. The van der Waals surface area contributed by atoms with Gasteiger partial charge in [-0.05, 0) is 55.5 Å². The van der Waals surface area contributed by atoms with E-state index in [0.717, 1.165) is 19.3 Å². The minimum Gasteiger partial charge on any atom is -0.338 e. The largest absolute Gasteiger partial charge is 0.338 e. The first-order valence-corrected chi connectivity index (χ1v) is 9.89. The van der Waals surface area contributed by atoms with E-state index >= 15 is 0 Å². The van der Waals surface area contributed by atoms with Crippen molar-refractivity contribution >= 4 is 15.9 Å². The number of likely N-dealkylation sites (tertiary alicyclic amines) is 1. The fourth-order valence-corrected chi connectivity index (χ4v) is 4.91. The second-order valence-corrected chi connectivity index (χ2v) is 9.06. The Morgan fingerprint density at radius 2 is 1.79 bits per heavy atom. The van der Waals surface area contributed by atoms with E-state index in [1.54, 1.807) is 29.2 Å². The van der Waals surface area contributed by atoms with Crippen LogP contribution in [0.5, 0.6) is 0 Å². The molecule has 24 heavy (non-hydrogen) atoms. The molecule has 1 unspecified atom stereocenters. The minimum atomic E-state index is -3.43. The highest BCUT2D eigenvalue weighted by molar-refractivity contribution is 7.89. The number of nitrogens with two attached hydrogens (primary N) is 1. The highest BCUT2D eigenvalue weighted by atomic mass is 32.2. The fourth-order valence-electron chi connectivity index (χ4n) is 3.39. The monoisotopic (exact) mass is 351 g/mol. The number of hydrogen-bond donors (Lipinski definition) is 1.